The highest BCUT2D eigenvalue weighted by atomic mass is 16.5. The van der Waals surface area contributed by atoms with Crippen LogP contribution in [0.4, 0.5) is 0 Å². The number of rotatable bonds is 3. The van der Waals surface area contributed by atoms with E-state index in [1.54, 1.807) is 0 Å². The zero-order chi connectivity index (χ0) is 13.1. The second kappa shape index (κ2) is 5.53. The van der Waals surface area contributed by atoms with Crippen LogP contribution in [-0.4, -0.2) is 24.7 Å². The Bertz CT molecular complexity index is 416. The number of ether oxygens (including phenoxy) is 1. The first-order valence-corrected chi connectivity index (χ1v) is 6.57. The van der Waals surface area contributed by atoms with Crippen molar-refractivity contribution in [1.29, 1.82) is 0 Å². The van der Waals surface area contributed by atoms with Gasteiger partial charge in [0.25, 0.3) is 5.91 Å². The quantitative estimate of drug-likeness (QED) is 0.891. The number of aryl methyl sites for hydroxylation is 2. The standard InChI is InChI=1S/C15H21NO2/c1-10-7-11(2)9-13(8-10)15(17)16-12(3)14-5-4-6-18-14/h7-9,12,14H,4-6H2,1-3H3,(H,16,17)/t12-,14-/m1/s1. The Hall–Kier alpha value is -1.35. The van der Waals surface area contributed by atoms with Crippen LogP contribution < -0.4 is 5.32 Å². The zero-order valence-electron chi connectivity index (χ0n) is 11.3. The summed E-state index contributed by atoms with van der Waals surface area (Å²) in [6, 6.07) is 5.98. The maximum Gasteiger partial charge on any atom is 0.251 e. The number of hydrogen-bond acceptors (Lipinski definition) is 2. The molecule has 1 aliphatic heterocycles. The van der Waals surface area contributed by atoms with Crippen molar-refractivity contribution >= 4 is 5.91 Å². The van der Waals surface area contributed by atoms with Gasteiger partial charge < -0.3 is 10.1 Å². The van der Waals surface area contributed by atoms with Crippen molar-refractivity contribution in [1.82, 2.24) is 5.32 Å². The summed E-state index contributed by atoms with van der Waals surface area (Å²) >= 11 is 0. The Morgan fingerprint density at radius 3 is 2.56 bits per heavy atom. The molecule has 1 aliphatic rings. The lowest BCUT2D eigenvalue weighted by Crippen LogP contribution is -2.40. The molecule has 0 aliphatic carbocycles. The molecule has 0 spiro atoms. The molecule has 1 aromatic rings. The number of hydrogen-bond donors (Lipinski definition) is 1. The third-order valence-corrected chi connectivity index (χ3v) is 3.37. The number of amides is 1. The van der Waals surface area contributed by atoms with E-state index in [0.717, 1.165) is 36.1 Å². The Kier molecular flexibility index (Phi) is 4.02. The lowest BCUT2D eigenvalue weighted by atomic mass is 10.1. The van der Waals surface area contributed by atoms with E-state index in [1.807, 2.05) is 32.9 Å². The van der Waals surface area contributed by atoms with Crippen molar-refractivity contribution < 1.29 is 9.53 Å². The van der Waals surface area contributed by atoms with Crippen LogP contribution in [0.1, 0.15) is 41.3 Å². The smallest absolute Gasteiger partial charge is 0.251 e. The second-order valence-corrected chi connectivity index (χ2v) is 5.19. The van der Waals surface area contributed by atoms with E-state index in [0.29, 0.717) is 0 Å². The monoisotopic (exact) mass is 247 g/mol. The highest BCUT2D eigenvalue weighted by molar-refractivity contribution is 5.94. The van der Waals surface area contributed by atoms with Gasteiger partial charge in [0.15, 0.2) is 0 Å². The molecule has 98 valence electrons. The Labute approximate surface area is 109 Å². The van der Waals surface area contributed by atoms with Gasteiger partial charge in [-0.3, -0.25) is 4.79 Å². The maximum atomic E-state index is 12.1. The van der Waals surface area contributed by atoms with E-state index in [-0.39, 0.29) is 18.1 Å². The van der Waals surface area contributed by atoms with E-state index < -0.39 is 0 Å². The van der Waals surface area contributed by atoms with Crippen molar-refractivity contribution in [3.63, 3.8) is 0 Å². The predicted molar refractivity (Wildman–Crippen MR) is 71.8 cm³/mol. The van der Waals surface area contributed by atoms with Gasteiger partial charge in [0.2, 0.25) is 0 Å². The minimum Gasteiger partial charge on any atom is -0.376 e. The first kappa shape index (κ1) is 13.1. The minimum absolute atomic E-state index is 0.00944. The van der Waals surface area contributed by atoms with E-state index in [9.17, 15) is 4.79 Å². The van der Waals surface area contributed by atoms with Crippen LogP contribution in [0.3, 0.4) is 0 Å². The van der Waals surface area contributed by atoms with E-state index in [2.05, 4.69) is 11.4 Å². The molecule has 0 radical (unpaired) electrons. The van der Waals surface area contributed by atoms with Crippen LogP contribution >= 0.6 is 0 Å². The Morgan fingerprint density at radius 2 is 2.00 bits per heavy atom. The first-order chi connectivity index (χ1) is 8.56. The topological polar surface area (TPSA) is 38.3 Å². The minimum atomic E-state index is -0.00944. The summed E-state index contributed by atoms with van der Waals surface area (Å²) in [6.45, 7) is 6.84. The van der Waals surface area contributed by atoms with Crippen LogP contribution in [0.2, 0.25) is 0 Å². The second-order valence-electron chi connectivity index (χ2n) is 5.19. The molecule has 1 aromatic carbocycles. The van der Waals surface area contributed by atoms with Gasteiger partial charge in [0.1, 0.15) is 0 Å². The molecule has 0 aromatic heterocycles. The molecule has 1 N–H and O–H groups in total. The molecule has 0 unspecified atom stereocenters. The summed E-state index contributed by atoms with van der Waals surface area (Å²) in [5.41, 5.74) is 2.96. The first-order valence-electron chi connectivity index (χ1n) is 6.57. The van der Waals surface area contributed by atoms with Crippen LogP contribution in [0.15, 0.2) is 18.2 Å². The third kappa shape index (κ3) is 3.10. The fourth-order valence-corrected chi connectivity index (χ4v) is 2.49. The fourth-order valence-electron chi connectivity index (χ4n) is 2.49. The van der Waals surface area contributed by atoms with E-state index >= 15 is 0 Å². The molecule has 18 heavy (non-hydrogen) atoms. The van der Waals surface area contributed by atoms with Crippen molar-refractivity contribution in [2.24, 2.45) is 0 Å². The normalized spacial score (nSPS) is 20.7. The molecular formula is C15H21NO2. The summed E-state index contributed by atoms with van der Waals surface area (Å²) in [5, 5.41) is 3.03. The molecule has 1 saturated heterocycles. The van der Waals surface area contributed by atoms with Gasteiger partial charge in [-0.25, -0.2) is 0 Å². The van der Waals surface area contributed by atoms with Crippen LogP contribution in [0.25, 0.3) is 0 Å². The van der Waals surface area contributed by atoms with Gasteiger partial charge in [0, 0.05) is 12.2 Å². The van der Waals surface area contributed by atoms with Crippen LogP contribution in [0.5, 0.6) is 0 Å². The molecule has 1 heterocycles. The van der Waals surface area contributed by atoms with Crippen LogP contribution in [-0.2, 0) is 4.74 Å². The summed E-state index contributed by atoms with van der Waals surface area (Å²) in [6.07, 6.45) is 2.29. The predicted octanol–water partition coefficient (Wildman–Crippen LogP) is 2.60. The van der Waals surface area contributed by atoms with Crippen LogP contribution in [0, 0.1) is 13.8 Å². The van der Waals surface area contributed by atoms with Gasteiger partial charge in [-0.05, 0) is 45.7 Å². The van der Waals surface area contributed by atoms with Crippen molar-refractivity contribution in [3.8, 4) is 0 Å². The van der Waals surface area contributed by atoms with Gasteiger partial charge in [0.05, 0.1) is 12.1 Å². The number of carbonyl (C=O) groups is 1. The summed E-state index contributed by atoms with van der Waals surface area (Å²) in [7, 11) is 0. The molecule has 3 heteroatoms. The van der Waals surface area contributed by atoms with Gasteiger partial charge in [-0.1, -0.05) is 17.2 Å². The summed E-state index contributed by atoms with van der Waals surface area (Å²) < 4.78 is 5.58. The maximum absolute atomic E-state index is 12.1. The molecule has 1 fully saturated rings. The Balaban J connectivity index is 2.02. The van der Waals surface area contributed by atoms with Gasteiger partial charge >= 0.3 is 0 Å². The Morgan fingerprint density at radius 1 is 1.33 bits per heavy atom. The number of carbonyl (C=O) groups excluding carboxylic acids is 1. The van der Waals surface area contributed by atoms with Crippen molar-refractivity contribution in [2.45, 2.75) is 45.8 Å². The van der Waals surface area contributed by atoms with E-state index in [1.165, 1.54) is 0 Å². The molecule has 2 atom stereocenters. The fraction of sp³-hybridized carbons (Fsp3) is 0.533. The average molecular weight is 247 g/mol. The average Bonchev–Trinajstić information content (AvgIpc) is 2.80. The molecule has 1 amide bonds. The number of nitrogens with one attached hydrogen (secondary N) is 1. The van der Waals surface area contributed by atoms with E-state index in [4.69, 9.17) is 4.74 Å². The molecule has 0 bridgehead atoms. The summed E-state index contributed by atoms with van der Waals surface area (Å²) in [4.78, 5) is 12.1. The lowest BCUT2D eigenvalue weighted by molar-refractivity contribution is 0.0712. The molecule has 2 rings (SSSR count). The van der Waals surface area contributed by atoms with Crippen molar-refractivity contribution in [3.05, 3.63) is 34.9 Å². The molecular weight excluding hydrogens is 226 g/mol. The summed E-state index contributed by atoms with van der Waals surface area (Å²) in [5.74, 6) is -0.00944. The molecule has 3 nitrogen and oxygen atoms in total. The van der Waals surface area contributed by atoms with Gasteiger partial charge in [-0.15, -0.1) is 0 Å². The SMILES string of the molecule is Cc1cc(C)cc(C(=O)N[C@H](C)[C@H]2CCCO2)c1. The number of benzene rings is 1. The van der Waals surface area contributed by atoms with Crippen molar-refractivity contribution in [2.75, 3.05) is 6.61 Å². The lowest BCUT2D eigenvalue weighted by Gasteiger charge is -2.20. The van der Waals surface area contributed by atoms with Gasteiger partial charge in [-0.2, -0.15) is 0 Å². The third-order valence-electron chi connectivity index (χ3n) is 3.37. The molecule has 0 saturated carbocycles. The highest BCUT2D eigenvalue weighted by Crippen LogP contribution is 2.16. The largest absolute Gasteiger partial charge is 0.376 e. The highest BCUT2D eigenvalue weighted by Gasteiger charge is 2.23. The zero-order valence-corrected chi connectivity index (χ0v) is 11.3.